The monoisotopic (exact) mass is 538 g/mol. The molecule has 0 aromatic carbocycles. The molecule has 0 radical (unpaired) electrons. The molecule has 2 bridgehead atoms. The van der Waals surface area contributed by atoms with Gasteiger partial charge in [-0.2, -0.15) is 0 Å². The third-order valence-corrected chi connectivity index (χ3v) is 12.6. The molecular formula is C28H50O6Si2. The Hall–Kier alpha value is -0.706. The zero-order valence-corrected chi connectivity index (χ0v) is 26.6. The van der Waals surface area contributed by atoms with Gasteiger partial charge in [0.25, 0.3) is 0 Å². The molecular weight excluding hydrogens is 488 g/mol. The first-order valence-electron chi connectivity index (χ1n) is 13.9. The van der Waals surface area contributed by atoms with Crippen molar-refractivity contribution in [3.63, 3.8) is 0 Å². The predicted molar refractivity (Wildman–Crippen MR) is 145 cm³/mol. The molecule has 4 unspecified atom stereocenters. The lowest BCUT2D eigenvalue weighted by atomic mass is 9.52. The Morgan fingerprint density at radius 3 is 2.03 bits per heavy atom. The van der Waals surface area contributed by atoms with Crippen LogP contribution in [0.25, 0.3) is 0 Å². The highest BCUT2D eigenvalue weighted by molar-refractivity contribution is 6.70. The lowest BCUT2D eigenvalue weighted by Gasteiger charge is -2.55. The number of carbonyl (C=O) groups excluding carboxylic acids is 2. The molecule has 4 aliphatic rings. The number of esters is 2. The van der Waals surface area contributed by atoms with Crippen LogP contribution in [-0.2, 0) is 27.9 Å². The molecule has 8 heteroatoms. The molecule has 0 amide bonds. The Balaban J connectivity index is 1.90. The molecule has 206 valence electrons. The minimum Gasteiger partial charge on any atom is -0.469 e. The van der Waals surface area contributed by atoms with E-state index < -0.39 is 22.0 Å². The average Bonchev–Trinajstić information content (AvgIpc) is 3.10. The van der Waals surface area contributed by atoms with Gasteiger partial charge in [-0.1, -0.05) is 6.92 Å². The van der Waals surface area contributed by atoms with Crippen LogP contribution in [0.2, 0.25) is 39.3 Å². The van der Waals surface area contributed by atoms with Crippen molar-refractivity contribution >= 4 is 28.6 Å². The van der Waals surface area contributed by atoms with Crippen molar-refractivity contribution in [1.29, 1.82) is 0 Å². The van der Waals surface area contributed by atoms with Gasteiger partial charge in [0.15, 0.2) is 16.6 Å². The summed E-state index contributed by atoms with van der Waals surface area (Å²) in [5.74, 6) is -0.215. The van der Waals surface area contributed by atoms with Crippen LogP contribution in [0.4, 0.5) is 0 Å². The van der Waals surface area contributed by atoms with Crippen molar-refractivity contribution in [2.24, 2.45) is 39.9 Å². The van der Waals surface area contributed by atoms with E-state index in [4.69, 9.17) is 18.3 Å². The summed E-state index contributed by atoms with van der Waals surface area (Å²) in [7, 11) is -0.796. The summed E-state index contributed by atoms with van der Waals surface area (Å²) in [5.41, 5.74) is -1.56. The first-order valence-corrected chi connectivity index (χ1v) is 20.7. The molecule has 4 fully saturated rings. The Morgan fingerprint density at radius 1 is 0.861 bits per heavy atom. The molecule has 0 aromatic rings. The largest absolute Gasteiger partial charge is 0.469 e. The van der Waals surface area contributed by atoms with Crippen LogP contribution in [0.15, 0.2) is 0 Å². The molecule has 1 spiro atoms. The second-order valence-electron chi connectivity index (χ2n) is 15.0. The molecule has 4 aliphatic carbocycles. The lowest BCUT2D eigenvalue weighted by Crippen LogP contribution is -2.60. The van der Waals surface area contributed by atoms with Crippen LogP contribution in [-0.4, -0.2) is 54.5 Å². The van der Waals surface area contributed by atoms with Crippen LogP contribution in [0.5, 0.6) is 0 Å². The van der Waals surface area contributed by atoms with E-state index in [2.05, 4.69) is 53.1 Å². The highest BCUT2D eigenvalue weighted by Crippen LogP contribution is 2.79. The highest BCUT2D eigenvalue weighted by Gasteiger charge is 2.79. The van der Waals surface area contributed by atoms with E-state index in [0.717, 1.165) is 38.5 Å². The minimum atomic E-state index is -1.96. The molecule has 4 rings (SSSR count). The van der Waals surface area contributed by atoms with Crippen LogP contribution in [0.1, 0.15) is 59.3 Å². The first kappa shape index (κ1) is 28.3. The molecule has 0 heterocycles. The van der Waals surface area contributed by atoms with Gasteiger partial charge >= 0.3 is 11.9 Å². The smallest absolute Gasteiger partial charge is 0.314 e. The summed E-state index contributed by atoms with van der Waals surface area (Å²) < 4.78 is 24.8. The minimum absolute atomic E-state index is 0.170. The van der Waals surface area contributed by atoms with Gasteiger partial charge in [-0.25, -0.2) is 0 Å². The molecule has 6 nitrogen and oxygen atoms in total. The van der Waals surface area contributed by atoms with Crippen LogP contribution >= 0.6 is 0 Å². The van der Waals surface area contributed by atoms with Gasteiger partial charge in [-0.15, -0.1) is 0 Å². The van der Waals surface area contributed by atoms with E-state index in [9.17, 15) is 9.59 Å². The Kier molecular flexibility index (Phi) is 6.80. The van der Waals surface area contributed by atoms with Gasteiger partial charge in [0.2, 0.25) is 0 Å². The van der Waals surface area contributed by atoms with E-state index in [1.54, 1.807) is 0 Å². The fraction of sp³-hybridized carbons (Fsp3) is 0.929. The molecule has 0 aromatic heterocycles. The number of ether oxygens (including phenoxy) is 2. The third-order valence-electron chi connectivity index (χ3n) is 10.5. The second kappa shape index (κ2) is 8.65. The zero-order chi connectivity index (χ0) is 27.1. The maximum Gasteiger partial charge on any atom is 0.314 e. The number of methoxy groups -OCH3 is 2. The number of rotatable bonds is 6. The fourth-order valence-electron chi connectivity index (χ4n) is 9.95. The Bertz CT molecular complexity index is 911. The molecule has 0 saturated heterocycles. The number of fused-ring (bicyclic) bond motifs is 3. The Morgan fingerprint density at radius 2 is 1.50 bits per heavy atom. The van der Waals surface area contributed by atoms with Crippen molar-refractivity contribution < 1.29 is 27.9 Å². The molecule has 4 saturated carbocycles. The van der Waals surface area contributed by atoms with E-state index in [0.29, 0.717) is 11.8 Å². The normalized spacial score (nSPS) is 46.1. The van der Waals surface area contributed by atoms with E-state index in [1.165, 1.54) is 14.2 Å². The van der Waals surface area contributed by atoms with Gasteiger partial charge in [0.1, 0.15) is 0 Å². The summed E-state index contributed by atoms with van der Waals surface area (Å²) >= 11 is 0. The van der Waals surface area contributed by atoms with Gasteiger partial charge in [-0.3, -0.25) is 9.59 Å². The summed E-state index contributed by atoms with van der Waals surface area (Å²) in [5, 5.41) is 0. The molecule has 36 heavy (non-hydrogen) atoms. The summed E-state index contributed by atoms with van der Waals surface area (Å²) in [6, 6.07) is 0. The highest BCUT2D eigenvalue weighted by atomic mass is 28.4. The predicted octanol–water partition coefficient (Wildman–Crippen LogP) is 6.02. The van der Waals surface area contributed by atoms with Crippen molar-refractivity contribution in [2.75, 3.05) is 14.2 Å². The number of hydrogen-bond acceptors (Lipinski definition) is 6. The summed E-state index contributed by atoms with van der Waals surface area (Å²) in [6.45, 7) is 20.0. The van der Waals surface area contributed by atoms with Crippen LogP contribution in [0, 0.1) is 39.9 Å². The number of hydrogen-bond donors (Lipinski definition) is 0. The third kappa shape index (κ3) is 4.08. The van der Waals surface area contributed by atoms with E-state index >= 15 is 0 Å². The van der Waals surface area contributed by atoms with E-state index in [1.807, 2.05) is 6.92 Å². The molecule has 0 aliphatic heterocycles. The topological polar surface area (TPSA) is 71.1 Å². The zero-order valence-electron chi connectivity index (χ0n) is 24.6. The SMILES string of the molecule is COC(=O)C1C2C(C)(C(=O)OC)[C@@H](O[Si](C)(C)C)CC[C@@]2(C)C2CC[C@@H]3C[C@]12C[C@@]3(C)O[Si](C)(C)C. The van der Waals surface area contributed by atoms with Gasteiger partial charge in [0, 0.05) is 0 Å². The summed E-state index contributed by atoms with van der Waals surface area (Å²) in [4.78, 5) is 27.7. The number of carbonyl (C=O) groups is 2. The maximum absolute atomic E-state index is 13.9. The first-order chi connectivity index (χ1) is 16.4. The van der Waals surface area contributed by atoms with E-state index in [-0.39, 0.29) is 46.3 Å². The van der Waals surface area contributed by atoms with Crippen molar-refractivity contribution in [2.45, 2.75) is 110 Å². The maximum atomic E-state index is 13.9. The van der Waals surface area contributed by atoms with Crippen molar-refractivity contribution in [3.05, 3.63) is 0 Å². The fourth-order valence-corrected chi connectivity index (χ4v) is 12.8. The average molecular weight is 539 g/mol. The van der Waals surface area contributed by atoms with Crippen LogP contribution in [0.3, 0.4) is 0 Å². The summed E-state index contributed by atoms with van der Waals surface area (Å²) in [6.07, 6.45) is 5.54. The van der Waals surface area contributed by atoms with Gasteiger partial charge in [0.05, 0.1) is 37.3 Å². The van der Waals surface area contributed by atoms with Crippen LogP contribution < -0.4 is 0 Å². The quantitative estimate of drug-likeness (QED) is 0.304. The standard InChI is InChI=1S/C28H50O6Si2/c1-25-15-14-20(33-35(6,7)8)27(3,24(30)32-5)22(25)21(23(29)31-4)28-16-18(12-13-19(25)28)26(2,17-28)34-36(9,10)11/h18-22H,12-17H2,1-11H3/t18-,19?,20+,21?,22?,25+,26-,27?,28-/m1/s1. The lowest BCUT2D eigenvalue weighted by molar-refractivity contribution is -0.183. The van der Waals surface area contributed by atoms with Crippen molar-refractivity contribution in [3.8, 4) is 0 Å². The Labute approximate surface area is 220 Å². The second-order valence-corrected chi connectivity index (χ2v) is 23.9. The van der Waals surface area contributed by atoms with Gasteiger partial charge < -0.3 is 18.3 Å². The molecule has 0 N–H and O–H groups in total. The van der Waals surface area contributed by atoms with Crippen molar-refractivity contribution in [1.82, 2.24) is 0 Å². The molecule has 9 atom stereocenters. The van der Waals surface area contributed by atoms with Gasteiger partial charge in [-0.05, 0) is 120 Å².